The number of hydrazone groups is 1. The van der Waals surface area contributed by atoms with Gasteiger partial charge in [0.2, 0.25) is 10.0 Å². The van der Waals surface area contributed by atoms with Crippen LogP contribution in [0, 0.1) is 10.1 Å². The van der Waals surface area contributed by atoms with Crippen molar-refractivity contribution >= 4 is 38.7 Å². The van der Waals surface area contributed by atoms with Gasteiger partial charge in [-0.05, 0) is 25.1 Å². The Hall–Kier alpha value is -2.53. The normalized spacial score (nSPS) is 15.9. The van der Waals surface area contributed by atoms with Crippen LogP contribution in [0.1, 0.15) is 12.5 Å². The average Bonchev–Trinajstić information content (AvgIpc) is 2.72. The molecule has 2 aromatic rings. The molecule has 0 aliphatic carbocycles. The molecule has 11 heteroatoms. The standard InChI is InChI=1S/C18H19ClN4O5S/c1-13(15-4-2-3-5-16(15)19)20-21-17-7-6-14(12-18(17)23(24)25)29(26,27)22-8-10-28-11-9-22/h2-7,12,21H,8-11H2,1H3/b20-13+. The van der Waals surface area contributed by atoms with Crippen LogP contribution in [0.4, 0.5) is 11.4 Å². The van der Waals surface area contributed by atoms with Gasteiger partial charge >= 0.3 is 0 Å². The summed E-state index contributed by atoms with van der Waals surface area (Å²) in [5, 5.41) is 16.2. The van der Waals surface area contributed by atoms with E-state index in [4.69, 9.17) is 16.3 Å². The fraction of sp³-hybridized carbons (Fsp3) is 0.278. The third-order valence-corrected chi connectivity index (χ3v) is 6.61. The Morgan fingerprint density at radius 2 is 1.93 bits per heavy atom. The van der Waals surface area contributed by atoms with Crippen molar-refractivity contribution in [2.75, 3.05) is 31.7 Å². The molecule has 1 aliphatic rings. The first-order valence-corrected chi connectivity index (χ1v) is 10.5. The molecule has 0 bridgehead atoms. The Bertz CT molecular complexity index is 1050. The van der Waals surface area contributed by atoms with Gasteiger partial charge in [0.1, 0.15) is 5.69 Å². The monoisotopic (exact) mass is 438 g/mol. The highest BCUT2D eigenvalue weighted by Crippen LogP contribution is 2.29. The molecule has 1 N–H and O–H groups in total. The minimum Gasteiger partial charge on any atom is -0.379 e. The van der Waals surface area contributed by atoms with E-state index in [9.17, 15) is 18.5 Å². The van der Waals surface area contributed by atoms with Gasteiger partial charge in [0.25, 0.3) is 5.69 Å². The quantitative estimate of drug-likeness (QED) is 0.421. The summed E-state index contributed by atoms with van der Waals surface area (Å²) in [7, 11) is -3.85. The van der Waals surface area contributed by atoms with Gasteiger partial charge in [0, 0.05) is 29.7 Å². The molecule has 0 amide bonds. The van der Waals surface area contributed by atoms with Gasteiger partial charge < -0.3 is 4.74 Å². The number of nitro benzene ring substituents is 1. The zero-order valence-electron chi connectivity index (χ0n) is 15.5. The number of nitro groups is 1. The molecular weight excluding hydrogens is 420 g/mol. The van der Waals surface area contributed by atoms with Crippen LogP contribution in [0.3, 0.4) is 0 Å². The van der Waals surface area contributed by atoms with Crippen molar-refractivity contribution in [2.24, 2.45) is 5.10 Å². The molecule has 0 unspecified atom stereocenters. The molecule has 29 heavy (non-hydrogen) atoms. The number of halogens is 1. The van der Waals surface area contributed by atoms with Crippen molar-refractivity contribution in [1.82, 2.24) is 4.31 Å². The summed E-state index contributed by atoms with van der Waals surface area (Å²) >= 11 is 6.13. The molecule has 1 saturated heterocycles. The second-order valence-electron chi connectivity index (χ2n) is 6.24. The minimum absolute atomic E-state index is 0.0716. The number of sulfonamides is 1. The number of benzene rings is 2. The van der Waals surface area contributed by atoms with Gasteiger partial charge in [-0.15, -0.1) is 0 Å². The van der Waals surface area contributed by atoms with Gasteiger partial charge in [-0.3, -0.25) is 15.5 Å². The Labute approximate surface area is 173 Å². The third kappa shape index (κ3) is 4.73. The van der Waals surface area contributed by atoms with E-state index in [1.165, 1.54) is 16.4 Å². The van der Waals surface area contributed by atoms with E-state index >= 15 is 0 Å². The van der Waals surface area contributed by atoms with Crippen molar-refractivity contribution in [3.8, 4) is 0 Å². The Balaban J connectivity index is 1.90. The van der Waals surface area contributed by atoms with Crippen LogP contribution < -0.4 is 5.43 Å². The van der Waals surface area contributed by atoms with Crippen LogP contribution in [0.5, 0.6) is 0 Å². The van der Waals surface area contributed by atoms with Crippen molar-refractivity contribution in [2.45, 2.75) is 11.8 Å². The van der Waals surface area contributed by atoms with Crippen molar-refractivity contribution in [1.29, 1.82) is 0 Å². The van der Waals surface area contributed by atoms with Crippen molar-refractivity contribution in [3.63, 3.8) is 0 Å². The molecule has 0 aromatic heterocycles. The van der Waals surface area contributed by atoms with Gasteiger partial charge in [0.05, 0.1) is 28.7 Å². The highest BCUT2D eigenvalue weighted by Gasteiger charge is 2.28. The summed E-state index contributed by atoms with van der Waals surface area (Å²) in [6, 6.07) is 10.8. The first kappa shape index (κ1) is 21.2. The van der Waals surface area contributed by atoms with E-state index in [1.54, 1.807) is 31.2 Å². The van der Waals surface area contributed by atoms with Crippen LogP contribution in [0.2, 0.25) is 5.02 Å². The number of nitrogens with zero attached hydrogens (tertiary/aromatic N) is 3. The predicted octanol–water partition coefficient (Wildman–Crippen LogP) is 3.11. The number of morpholine rings is 1. The smallest absolute Gasteiger partial charge is 0.295 e. The first-order valence-electron chi connectivity index (χ1n) is 8.72. The lowest BCUT2D eigenvalue weighted by atomic mass is 10.1. The van der Waals surface area contributed by atoms with Crippen LogP contribution in [-0.2, 0) is 14.8 Å². The number of ether oxygens (including phenoxy) is 1. The second kappa shape index (κ2) is 8.87. The number of rotatable bonds is 6. The van der Waals surface area contributed by atoms with E-state index in [1.807, 2.05) is 0 Å². The maximum atomic E-state index is 12.7. The molecule has 1 aliphatic heterocycles. The lowest BCUT2D eigenvalue weighted by Crippen LogP contribution is -2.40. The van der Waals surface area contributed by atoms with Crippen LogP contribution >= 0.6 is 11.6 Å². The maximum Gasteiger partial charge on any atom is 0.295 e. The van der Waals surface area contributed by atoms with Gasteiger partial charge in [0.15, 0.2) is 0 Å². The van der Waals surface area contributed by atoms with Crippen LogP contribution in [-0.4, -0.2) is 49.7 Å². The Morgan fingerprint density at radius 3 is 2.59 bits per heavy atom. The molecule has 0 spiro atoms. The largest absolute Gasteiger partial charge is 0.379 e. The van der Waals surface area contributed by atoms with Crippen molar-refractivity contribution < 1.29 is 18.1 Å². The van der Waals surface area contributed by atoms with Crippen LogP contribution in [0.25, 0.3) is 0 Å². The van der Waals surface area contributed by atoms with E-state index in [-0.39, 0.29) is 36.9 Å². The molecule has 9 nitrogen and oxygen atoms in total. The van der Waals surface area contributed by atoms with Gasteiger partial charge in [-0.25, -0.2) is 8.42 Å². The summed E-state index contributed by atoms with van der Waals surface area (Å²) in [6.45, 7) is 2.69. The zero-order chi connectivity index (χ0) is 21.0. The molecule has 0 atom stereocenters. The molecule has 154 valence electrons. The zero-order valence-corrected chi connectivity index (χ0v) is 17.1. The molecule has 0 saturated carbocycles. The molecule has 3 rings (SSSR count). The summed E-state index contributed by atoms with van der Waals surface area (Å²) in [5.41, 5.74) is 3.52. The lowest BCUT2D eigenvalue weighted by Gasteiger charge is -2.26. The van der Waals surface area contributed by atoms with E-state index in [0.717, 1.165) is 6.07 Å². The van der Waals surface area contributed by atoms with E-state index < -0.39 is 20.6 Å². The predicted molar refractivity (Wildman–Crippen MR) is 110 cm³/mol. The highest BCUT2D eigenvalue weighted by atomic mass is 35.5. The Morgan fingerprint density at radius 1 is 1.24 bits per heavy atom. The van der Waals surface area contributed by atoms with E-state index in [0.29, 0.717) is 16.3 Å². The maximum absolute atomic E-state index is 12.7. The van der Waals surface area contributed by atoms with Gasteiger partial charge in [-0.1, -0.05) is 29.8 Å². The second-order valence-corrected chi connectivity index (χ2v) is 8.59. The fourth-order valence-electron chi connectivity index (χ4n) is 2.81. The Kier molecular flexibility index (Phi) is 6.48. The number of nitrogens with one attached hydrogen (secondary N) is 1. The fourth-order valence-corrected chi connectivity index (χ4v) is 4.51. The molecule has 0 radical (unpaired) electrons. The highest BCUT2D eigenvalue weighted by molar-refractivity contribution is 7.89. The summed E-state index contributed by atoms with van der Waals surface area (Å²) in [4.78, 5) is 10.7. The lowest BCUT2D eigenvalue weighted by molar-refractivity contribution is -0.384. The number of hydrogen-bond donors (Lipinski definition) is 1. The number of anilines is 1. The van der Waals surface area contributed by atoms with Crippen LogP contribution in [0.15, 0.2) is 52.5 Å². The topological polar surface area (TPSA) is 114 Å². The summed E-state index contributed by atoms with van der Waals surface area (Å²) < 4.78 is 31.9. The average molecular weight is 439 g/mol. The summed E-state index contributed by atoms with van der Waals surface area (Å²) in [6.07, 6.45) is 0. The SMILES string of the molecule is C/C(=N\Nc1ccc(S(=O)(=O)N2CCOCC2)cc1[N+](=O)[O-])c1ccccc1Cl. The molecule has 1 fully saturated rings. The van der Waals surface area contributed by atoms with E-state index in [2.05, 4.69) is 10.5 Å². The minimum atomic E-state index is -3.85. The summed E-state index contributed by atoms with van der Waals surface area (Å²) in [5.74, 6) is 0. The molecule has 1 heterocycles. The first-order chi connectivity index (χ1) is 13.8. The number of hydrogen-bond acceptors (Lipinski definition) is 7. The van der Waals surface area contributed by atoms with Crippen molar-refractivity contribution in [3.05, 3.63) is 63.2 Å². The third-order valence-electron chi connectivity index (χ3n) is 4.38. The molecule has 2 aromatic carbocycles. The molecular formula is C18H19ClN4O5S. The van der Waals surface area contributed by atoms with Gasteiger partial charge in [-0.2, -0.15) is 9.41 Å².